The maximum Gasteiger partial charge on any atom is 0.126 e. The topological polar surface area (TPSA) is 41.9 Å². The van der Waals surface area contributed by atoms with E-state index in [1.54, 1.807) is 21.1 Å². The quantitative estimate of drug-likeness (QED) is 0.824. The van der Waals surface area contributed by atoms with Crippen LogP contribution in [0.1, 0.15) is 32.4 Å². The Morgan fingerprint density at radius 2 is 1.95 bits per heavy atom. The van der Waals surface area contributed by atoms with Crippen molar-refractivity contribution in [2.45, 2.75) is 32.9 Å². The number of anilines is 1. The third kappa shape index (κ3) is 3.61. The van der Waals surface area contributed by atoms with Crippen LogP contribution in [0.4, 0.5) is 5.69 Å². The lowest BCUT2D eigenvalue weighted by Gasteiger charge is -2.32. The van der Waals surface area contributed by atoms with Crippen LogP contribution in [0.2, 0.25) is 0 Å². The molecule has 0 aliphatic rings. The summed E-state index contributed by atoms with van der Waals surface area (Å²) in [5.74, 6) is 0.718. The number of aliphatic hydroxyl groups is 1. The summed E-state index contributed by atoms with van der Waals surface area (Å²) in [7, 11) is 3.32. The Labute approximate surface area is 115 Å². The van der Waals surface area contributed by atoms with Gasteiger partial charge >= 0.3 is 0 Å². The molecular weight excluding hydrogens is 242 g/mol. The fourth-order valence-electron chi connectivity index (χ4n) is 2.43. The van der Waals surface area contributed by atoms with Crippen LogP contribution in [-0.2, 0) is 4.74 Å². The van der Waals surface area contributed by atoms with E-state index in [0.29, 0.717) is 6.61 Å². The Morgan fingerprint density at radius 1 is 1.26 bits per heavy atom. The van der Waals surface area contributed by atoms with Crippen molar-refractivity contribution in [2.75, 3.05) is 32.3 Å². The van der Waals surface area contributed by atoms with Crippen LogP contribution in [-0.4, -0.2) is 38.5 Å². The molecule has 0 aromatic heterocycles. The van der Waals surface area contributed by atoms with Crippen molar-refractivity contribution >= 4 is 5.69 Å². The van der Waals surface area contributed by atoms with E-state index in [9.17, 15) is 5.11 Å². The molecule has 19 heavy (non-hydrogen) atoms. The number of methoxy groups -OCH3 is 2. The first-order valence-corrected chi connectivity index (χ1v) is 6.67. The summed E-state index contributed by atoms with van der Waals surface area (Å²) in [6.45, 7) is 7.45. The summed E-state index contributed by atoms with van der Waals surface area (Å²) < 4.78 is 10.6. The van der Waals surface area contributed by atoms with Crippen molar-refractivity contribution in [1.82, 2.24) is 0 Å². The van der Waals surface area contributed by atoms with Gasteiger partial charge < -0.3 is 19.5 Å². The molecule has 1 rings (SSSR count). The minimum atomic E-state index is -0.574. The second kappa shape index (κ2) is 7.36. The molecule has 1 unspecified atom stereocenters. The van der Waals surface area contributed by atoms with Gasteiger partial charge in [-0.25, -0.2) is 0 Å². The largest absolute Gasteiger partial charge is 0.496 e. The van der Waals surface area contributed by atoms with Crippen LogP contribution in [0, 0.1) is 0 Å². The van der Waals surface area contributed by atoms with Crippen molar-refractivity contribution in [3.8, 4) is 5.75 Å². The molecule has 0 saturated heterocycles. The molecule has 4 heteroatoms. The van der Waals surface area contributed by atoms with Gasteiger partial charge in [-0.1, -0.05) is 6.07 Å². The highest BCUT2D eigenvalue weighted by molar-refractivity contribution is 5.61. The van der Waals surface area contributed by atoms with Crippen LogP contribution in [0.5, 0.6) is 5.75 Å². The van der Waals surface area contributed by atoms with E-state index < -0.39 is 6.10 Å². The van der Waals surface area contributed by atoms with Crippen LogP contribution in [0.25, 0.3) is 0 Å². The minimum Gasteiger partial charge on any atom is -0.496 e. The molecule has 2 atom stereocenters. The molecule has 1 N–H and O–H groups in total. The lowest BCUT2D eigenvalue weighted by atomic mass is 10.0. The highest BCUT2D eigenvalue weighted by Crippen LogP contribution is 2.35. The first-order valence-electron chi connectivity index (χ1n) is 6.67. The fraction of sp³-hybridized carbons (Fsp3) is 0.600. The molecule has 0 bridgehead atoms. The lowest BCUT2D eigenvalue weighted by Crippen LogP contribution is -2.37. The van der Waals surface area contributed by atoms with E-state index in [1.165, 1.54) is 0 Å². The highest BCUT2D eigenvalue weighted by atomic mass is 16.5. The zero-order valence-corrected chi connectivity index (χ0v) is 12.5. The van der Waals surface area contributed by atoms with E-state index in [2.05, 4.69) is 18.7 Å². The van der Waals surface area contributed by atoms with Gasteiger partial charge in [0, 0.05) is 30.9 Å². The number of likely N-dealkylation sites (N-methyl/N-ethyl adjacent to an activating group) is 1. The van der Waals surface area contributed by atoms with Gasteiger partial charge in [0.2, 0.25) is 0 Å². The Kier molecular flexibility index (Phi) is 6.12. The van der Waals surface area contributed by atoms with E-state index >= 15 is 0 Å². The van der Waals surface area contributed by atoms with Gasteiger partial charge in [-0.3, -0.25) is 0 Å². The number of benzene rings is 1. The molecule has 0 aliphatic carbocycles. The van der Waals surface area contributed by atoms with Crippen molar-refractivity contribution in [1.29, 1.82) is 0 Å². The second-order valence-corrected chi connectivity index (χ2v) is 4.66. The standard InChI is InChI=1S/C15H25NO3/c1-6-16(11(2)10-18-4)13-8-7-9-14(19-5)15(13)12(3)17/h7-9,11-12,17H,6,10H2,1-5H3/t11?,12-/m0/s1. The lowest BCUT2D eigenvalue weighted by molar-refractivity contribution is 0.180. The van der Waals surface area contributed by atoms with Gasteiger partial charge in [-0.2, -0.15) is 0 Å². The number of hydrogen-bond acceptors (Lipinski definition) is 4. The molecule has 0 spiro atoms. The maximum atomic E-state index is 10.0. The van der Waals surface area contributed by atoms with Gasteiger partial charge in [0.05, 0.1) is 19.8 Å². The Morgan fingerprint density at radius 3 is 2.42 bits per heavy atom. The summed E-state index contributed by atoms with van der Waals surface area (Å²) in [5, 5.41) is 10.0. The summed E-state index contributed by atoms with van der Waals surface area (Å²) in [5.41, 5.74) is 1.83. The number of aliphatic hydroxyl groups excluding tert-OH is 1. The minimum absolute atomic E-state index is 0.236. The summed E-state index contributed by atoms with van der Waals surface area (Å²) >= 11 is 0. The molecule has 0 aliphatic heterocycles. The zero-order valence-electron chi connectivity index (χ0n) is 12.5. The fourth-order valence-corrected chi connectivity index (χ4v) is 2.43. The van der Waals surface area contributed by atoms with Crippen molar-refractivity contribution < 1.29 is 14.6 Å². The predicted octanol–water partition coefficient (Wildman–Crippen LogP) is 2.61. The molecule has 1 aromatic rings. The first-order chi connectivity index (χ1) is 9.06. The third-order valence-corrected chi connectivity index (χ3v) is 3.27. The normalized spacial score (nSPS) is 14.0. The number of nitrogens with zero attached hydrogens (tertiary/aromatic N) is 1. The SMILES string of the molecule is CCN(c1cccc(OC)c1[C@H](C)O)C(C)COC. The molecule has 0 saturated carbocycles. The Balaban J connectivity index is 3.22. The number of rotatable bonds is 7. The summed E-state index contributed by atoms with van der Waals surface area (Å²) in [6, 6.07) is 6.07. The smallest absolute Gasteiger partial charge is 0.126 e. The summed E-state index contributed by atoms with van der Waals surface area (Å²) in [4.78, 5) is 2.22. The molecule has 0 heterocycles. The molecule has 4 nitrogen and oxygen atoms in total. The molecule has 0 fully saturated rings. The highest BCUT2D eigenvalue weighted by Gasteiger charge is 2.21. The van der Waals surface area contributed by atoms with Crippen molar-refractivity contribution in [3.05, 3.63) is 23.8 Å². The van der Waals surface area contributed by atoms with Crippen LogP contribution >= 0.6 is 0 Å². The van der Waals surface area contributed by atoms with Crippen molar-refractivity contribution in [2.24, 2.45) is 0 Å². The zero-order chi connectivity index (χ0) is 14.4. The maximum absolute atomic E-state index is 10.0. The van der Waals surface area contributed by atoms with Gasteiger partial charge in [0.15, 0.2) is 0 Å². The molecule has 0 radical (unpaired) electrons. The van der Waals surface area contributed by atoms with Crippen molar-refractivity contribution in [3.63, 3.8) is 0 Å². The average Bonchev–Trinajstić information content (AvgIpc) is 2.39. The predicted molar refractivity (Wildman–Crippen MR) is 78.0 cm³/mol. The van der Waals surface area contributed by atoms with E-state index in [-0.39, 0.29) is 6.04 Å². The molecular formula is C15H25NO3. The molecule has 108 valence electrons. The van der Waals surface area contributed by atoms with Gasteiger partial charge in [-0.15, -0.1) is 0 Å². The van der Waals surface area contributed by atoms with E-state index in [0.717, 1.165) is 23.5 Å². The van der Waals surface area contributed by atoms with Crippen LogP contribution in [0.15, 0.2) is 18.2 Å². The van der Waals surface area contributed by atoms with E-state index in [4.69, 9.17) is 9.47 Å². The van der Waals surface area contributed by atoms with E-state index in [1.807, 2.05) is 18.2 Å². The number of ether oxygens (including phenoxy) is 2. The average molecular weight is 267 g/mol. The Hall–Kier alpha value is -1.26. The summed E-state index contributed by atoms with van der Waals surface area (Å²) in [6.07, 6.45) is -0.574. The van der Waals surface area contributed by atoms with Gasteiger partial charge in [-0.05, 0) is 32.9 Å². The molecule has 0 amide bonds. The monoisotopic (exact) mass is 267 g/mol. The van der Waals surface area contributed by atoms with Crippen LogP contribution in [0.3, 0.4) is 0 Å². The van der Waals surface area contributed by atoms with Crippen LogP contribution < -0.4 is 9.64 Å². The molecule has 1 aromatic carbocycles. The first kappa shape index (κ1) is 15.8. The van der Waals surface area contributed by atoms with Gasteiger partial charge in [0.25, 0.3) is 0 Å². The number of hydrogen-bond donors (Lipinski definition) is 1. The second-order valence-electron chi connectivity index (χ2n) is 4.66. The van der Waals surface area contributed by atoms with Gasteiger partial charge in [0.1, 0.15) is 5.75 Å². The third-order valence-electron chi connectivity index (χ3n) is 3.27. The Bertz CT molecular complexity index is 393.